The molecule has 4 aromatic rings. The summed E-state index contributed by atoms with van der Waals surface area (Å²) >= 11 is 7.35. The minimum Gasteiger partial charge on any atom is -0.507 e. The van der Waals surface area contributed by atoms with E-state index in [1.54, 1.807) is 42.5 Å². The fourth-order valence-corrected chi connectivity index (χ4v) is 5.45. The van der Waals surface area contributed by atoms with Crippen molar-refractivity contribution in [1.29, 1.82) is 0 Å². The Bertz CT molecular complexity index is 1520. The lowest BCUT2D eigenvalue weighted by Gasteiger charge is -2.23. The number of amides is 1. The highest BCUT2D eigenvalue weighted by Gasteiger charge is 2.48. The summed E-state index contributed by atoms with van der Waals surface area (Å²) in [5.74, 6) is -1.89. The predicted octanol–water partition coefficient (Wildman–Crippen LogP) is 6.89. The minimum absolute atomic E-state index is 0.103. The van der Waals surface area contributed by atoms with Crippen molar-refractivity contribution < 1.29 is 23.8 Å². The molecule has 1 aliphatic heterocycles. The molecule has 1 aromatic heterocycles. The van der Waals surface area contributed by atoms with Crippen LogP contribution in [-0.4, -0.2) is 28.4 Å². The summed E-state index contributed by atoms with van der Waals surface area (Å²) in [6.45, 7) is 2.65. The molecule has 1 aliphatic rings. The highest BCUT2D eigenvalue weighted by Crippen LogP contribution is 2.44. The third-order valence-corrected chi connectivity index (χ3v) is 7.32. The number of benzene rings is 3. The molecule has 1 amide bonds. The number of ketones is 1. The number of fused-ring (bicyclic) bond motifs is 1. The van der Waals surface area contributed by atoms with Gasteiger partial charge < -0.3 is 9.84 Å². The molecule has 1 unspecified atom stereocenters. The van der Waals surface area contributed by atoms with Crippen LogP contribution in [0.15, 0.2) is 72.3 Å². The Hall–Kier alpha value is -3.75. The number of unbranched alkanes of at least 4 members (excludes halogenated alkanes) is 1. The molecule has 1 N–H and O–H groups in total. The number of rotatable bonds is 7. The van der Waals surface area contributed by atoms with Crippen LogP contribution in [0.1, 0.15) is 36.9 Å². The van der Waals surface area contributed by atoms with Gasteiger partial charge in [-0.25, -0.2) is 9.37 Å². The van der Waals surface area contributed by atoms with E-state index in [1.807, 2.05) is 0 Å². The third-order valence-electron chi connectivity index (χ3n) is 6.07. The van der Waals surface area contributed by atoms with E-state index < -0.39 is 29.3 Å². The van der Waals surface area contributed by atoms with E-state index in [2.05, 4.69) is 11.9 Å². The van der Waals surface area contributed by atoms with E-state index in [0.717, 1.165) is 17.5 Å². The number of carbonyl (C=O) groups excluding carboxylic acids is 2. The van der Waals surface area contributed by atoms with Gasteiger partial charge in [-0.2, -0.15) is 0 Å². The minimum atomic E-state index is -0.953. The Balaban J connectivity index is 1.64. The number of thiazole rings is 1. The van der Waals surface area contributed by atoms with Gasteiger partial charge in [0.1, 0.15) is 17.3 Å². The predicted molar refractivity (Wildman–Crippen MR) is 143 cm³/mol. The van der Waals surface area contributed by atoms with Crippen LogP contribution in [0.25, 0.3) is 16.0 Å². The molecule has 1 fully saturated rings. The molecule has 5 rings (SSSR count). The molecular weight excluding hydrogens is 515 g/mol. The van der Waals surface area contributed by atoms with Gasteiger partial charge in [-0.05, 0) is 66.6 Å². The molecule has 0 spiro atoms. The number of ether oxygens (including phenoxy) is 1. The van der Waals surface area contributed by atoms with E-state index in [4.69, 9.17) is 16.3 Å². The number of hydrogen-bond donors (Lipinski definition) is 1. The Labute approximate surface area is 221 Å². The summed E-state index contributed by atoms with van der Waals surface area (Å²) in [5.41, 5.74) is 1.33. The smallest absolute Gasteiger partial charge is 0.301 e. The fraction of sp³-hybridized carbons (Fsp3) is 0.179. The lowest BCUT2D eigenvalue weighted by molar-refractivity contribution is -0.132. The Kier molecular flexibility index (Phi) is 6.95. The largest absolute Gasteiger partial charge is 0.507 e. The van der Waals surface area contributed by atoms with Crippen LogP contribution in [0, 0.1) is 5.82 Å². The quantitative estimate of drug-likeness (QED) is 0.120. The van der Waals surface area contributed by atoms with Crippen LogP contribution >= 0.6 is 22.9 Å². The van der Waals surface area contributed by atoms with Crippen molar-refractivity contribution in [3.8, 4) is 5.75 Å². The lowest BCUT2D eigenvalue weighted by Crippen LogP contribution is -2.29. The van der Waals surface area contributed by atoms with Gasteiger partial charge in [0.25, 0.3) is 5.78 Å². The average molecular weight is 537 g/mol. The first kappa shape index (κ1) is 24.9. The molecule has 0 saturated carbocycles. The number of hydrogen-bond acceptors (Lipinski definition) is 6. The van der Waals surface area contributed by atoms with E-state index in [-0.39, 0.29) is 11.1 Å². The van der Waals surface area contributed by atoms with Gasteiger partial charge in [0.2, 0.25) is 0 Å². The molecule has 0 radical (unpaired) electrons. The van der Waals surface area contributed by atoms with Crippen molar-refractivity contribution in [2.24, 2.45) is 0 Å². The van der Waals surface area contributed by atoms with E-state index in [9.17, 15) is 19.1 Å². The van der Waals surface area contributed by atoms with Crippen LogP contribution in [0.4, 0.5) is 9.52 Å². The SMILES string of the molecule is CCCCOc1ccc(C2/C(=C(\O)c3ccc(F)cc3)C(=O)C(=O)N2c2nc3ccc(Cl)cc3s2)cc1. The van der Waals surface area contributed by atoms with Crippen molar-refractivity contribution in [2.75, 3.05) is 11.5 Å². The fourth-order valence-electron chi connectivity index (χ4n) is 4.18. The second kappa shape index (κ2) is 10.3. The monoisotopic (exact) mass is 536 g/mol. The number of aliphatic hydroxyl groups is 1. The standard InChI is InChI=1S/C28H22ClFN2O4S/c1-2-3-14-36-20-11-6-16(7-12-20)24-23(25(33)17-4-9-19(30)10-5-17)26(34)27(35)32(24)28-31-21-13-8-18(29)15-22(21)37-28/h4-13,15,24,33H,2-3,14H2,1H3/b25-23+. The molecule has 1 saturated heterocycles. The van der Waals surface area contributed by atoms with Crippen molar-refractivity contribution in [1.82, 2.24) is 4.98 Å². The Morgan fingerprint density at radius 1 is 1.11 bits per heavy atom. The summed E-state index contributed by atoms with van der Waals surface area (Å²) in [7, 11) is 0. The number of nitrogens with zero attached hydrogens (tertiary/aromatic N) is 2. The van der Waals surface area contributed by atoms with Crippen LogP contribution in [0.2, 0.25) is 5.02 Å². The molecule has 37 heavy (non-hydrogen) atoms. The average Bonchev–Trinajstić information content (AvgIpc) is 3.42. The van der Waals surface area contributed by atoms with E-state index in [0.29, 0.717) is 33.6 Å². The summed E-state index contributed by atoms with van der Waals surface area (Å²) in [5, 5.41) is 12.0. The maximum absolute atomic E-state index is 13.5. The maximum atomic E-state index is 13.5. The summed E-state index contributed by atoms with van der Waals surface area (Å²) < 4.78 is 20.0. The highest BCUT2D eigenvalue weighted by molar-refractivity contribution is 7.22. The van der Waals surface area contributed by atoms with Crippen LogP contribution in [-0.2, 0) is 9.59 Å². The zero-order chi connectivity index (χ0) is 26.1. The maximum Gasteiger partial charge on any atom is 0.301 e. The molecule has 1 atom stereocenters. The second-order valence-electron chi connectivity index (χ2n) is 8.56. The summed E-state index contributed by atoms with van der Waals surface area (Å²) in [6, 6.07) is 16.4. The third kappa shape index (κ3) is 4.82. The molecule has 3 aromatic carbocycles. The Morgan fingerprint density at radius 2 is 1.84 bits per heavy atom. The number of carbonyl (C=O) groups is 2. The van der Waals surface area contributed by atoms with Crippen molar-refractivity contribution in [3.05, 3.63) is 94.3 Å². The van der Waals surface area contributed by atoms with Gasteiger partial charge in [-0.1, -0.05) is 48.4 Å². The molecule has 9 heteroatoms. The van der Waals surface area contributed by atoms with E-state index >= 15 is 0 Å². The number of anilines is 1. The van der Waals surface area contributed by atoms with Crippen LogP contribution < -0.4 is 9.64 Å². The molecule has 6 nitrogen and oxygen atoms in total. The Morgan fingerprint density at radius 3 is 2.54 bits per heavy atom. The summed E-state index contributed by atoms with van der Waals surface area (Å²) in [4.78, 5) is 32.5. The first-order valence-electron chi connectivity index (χ1n) is 11.7. The van der Waals surface area contributed by atoms with E-state index in [1.165, 1.54) is 40.5 Å². The first-order valence-corrected chi connectivity index (χ1v) is 12.9. The zero-order valence-corrected chi connectivity index (χ0v) is 21.4. The van der Waals surface area contributed by atoms with Crippen molar-refractivity contribution in [2.45, 2.75) is 25.8 Å². The van der Waals surface area contributed by atoms with Crippen LogP contribution in [0.3, 0.4) is 0 Å². The number of aliphatic hydroxyl groups excluding tert-OH is 1. The lowest BCUT2D eigenvalue weighted by atomic mass is 9.95. The molecule has 188 valence electrons. The van der Waals surface area contributed by atoms with Gasteiger partial charge >= 0.3 is 5.91 Å². The highest BCUT2D eigenvalue weighted by atomic mass is 35.5. The van der Waals surface area contributed by atoms with Gasteiger partial charge in [-0.15, -0.1) is 0 Å². The number of Topliss-reactive ketones (excluding diaryl/α,β-unsaturated/α-hetero) is 1. The molecular formula is C28H22ClFN2O4S. The normalized spacial score (nSPS) is 17.1. The first-order chi connectivity index (χ1) is 17.9. The second-order valence-corrected chi connectivity index (χ2v) is 10.0. The number of aromatic nitrogens is 1. The number of halogens is 2. The van der Waals surface area contributed by atoms with Gasteiger partial charge in [0.05, 0.1) is 28.4 Å². The molecule has 2 heterocycles. The molecule has 0 aliphatic carbocycles. The van der Waals surface area contributed by atoms with Gasteiger partial charge in [0, 0.05) is 10.6 Å². The van der Waals surface area contributed by atoms with Gasteiger partial charge in [-0.3, -0.25) is 14.5 Å². The van der Waals surface area contributed by atoms with Crippen LogP contribution in [0.5, 0.6) is 5.75 Å². The van der Waals surface area contributed by atoms with Crippen molar-refractivity contribution >= 4 is 55.7 Å². The molecule has 0 bridgehead atoms. The van der Waals surface area contributed by atoms with Gasteiger partial charge in [0.15, 0.2) is 5.13 Å². The topological polar surface area (TPSA) is 79.7 Å². The van der Waals surface area contributed by atoms with Crippen molar-refractivity contribution in [3.63, 3.8) is 0 Å². The summed E-state index contributed by atoms with van der Waals surface area (Å²) in [6.07, 6.45) is 1.92. The zero-order valence-electron chi connectivity index (χ0n) is 19.8.